The minimum absolute atomic E-state index is 0.170. The number of nitrogens with zero attached hydrogens (tertiary/aromatic N) is 2. The molecule has 26 heavy (non-hydrogen) atoms. The summed E-state index contributed by atoms with van der Waals surface area (Å²) in [5.74, 6) is -0.325. The van der Waals surface area contributed by atoms with Gasteiger partial charge in [0.05, 0.1) is 23.2 Å². The topological polar surface area (TPSA) is 66.9 Å². The molecule has 0 aromatic heterocycles. The van der Waals surface area contributed by atoms with E-state index in [0.29, 0.717) is 24.1 Å². The van der Waals surface area contributed by atoms with Gasteiger partial charge in [-0.05, 0) is 52.2 Å². The number of imide groups is 1. The van der Waals surface area contributed by atoms with Crippen LogP contribution >= 0.6 is 0 Å². The van der Waals surface area contributed by atoms with E-state index < -0.39 is 17.2 Å². The molecule has 1 aromatic rings. The summed E-state index contributed by atoms with van der Waals surface area (Å²) in [6.45, 7) is 10.2. The number of carbonyl (C=O) groups excluding carboxylic acids is 3. The summed E-state index contributed by atoms with van der Waals surface area (Å²) in [5.41, 5.74) is -0.388. The van der Waals surface area contributed by atoms with Crippen molar-refractivity contribution < 1.29 is 19.1 Å². The second kappa shape index (κ2) is 6.11. The first-order valence-electron chi connectivity index (χ1n) is 8.98. The van der Waals surface area contributed by atoms with E-state index in [9.17, 15) is 14.4 Å². The highest BCUT2D eigenvalue weighted by Crippen LogP contribution is 2.36. The first kappa shape index (κ1) is 18.4. The molecule has 2 aliphatic heterocycles. The van der Waals surface area contributed by atoms with Crippen LogP contribution in [0.25, 0.3) is 0 Å². The maximum absolute atomic E-state index is 12.7. The molecule has 6 heteroatoms. The fourth-order valence-electron chi connectivity index (χ4n) is 3.94. The second-order valence-corrected chi connectivity index (χ2v) is 8.64. The van der Waals surface area contributed by atoms with Gasteiger partial charge < -0.3 is 9.64 Å². The van der Waals surface area contributed by atoms with Crippen LogP contribution in [0.15, 0.2) is 24.3 Å². The molecule has 0 bridgehead atoms. The Bertz CT molecular complexity index is 732. The number of hydrogen-bond donors (Lipinski definition) is 0. The molecular formula is C20H26N2O4. The third-order valence-electron chi connectivity index (χ3n) is 4.92. The normalized spacial score (nSPS) is 25.7. The number of carbonyl (C=O) groups is 3. The van der Waals surface area contributed by atoms with Gasteiger partial charge in [0, 0.05) is 6.54 Å². The van der Waals surface area contributed by atoms with Crippen LogP contribution in [0, 0.1) is 5.92 Å². The quantitative estimate of drug-likeness (QED) is 0.761. The Hall–Kier alpha value is -2.37. The number of fused-ring (bicyclic) bond motifs is 1. The molecule has 2 atom stereocenters. The van der Waals surface area contributed by atoms with Crippen molar-refractivity contribution in [2.75, 3.05) is 13.1 Å². The Morgan fingerprint density at radius 3 is 2.23 bits per heavy atom. The van der Waals surface area contributed by atoms with Gasteiger partial charge in [0.15, 0.2) is 0 Å². The third-order valence-corrected chi connectivity index (χ3v) is 4.92. The molecule has 1 fully saturated rings. The molecule has 140 valence electrons. The number of rotatable bonds is 2. The molecule has 3 rings (SSSR count). The molecule has 0 radical (unpaired) electrons. The summed E-state index contributed by atoms with van der Waals surface area (Å²) in [6.07, 6.45) is 0.306. The summed E-state index contributed by atoms with van der Waals surface area (Å²) < 4.78 is 5.54. The van der Waals surface area contributed by atoms with Crippen LogP contribution in [0.5, 0.6) is 0 Å². The second-order valence-electron chi connectivity index (χ2n) is 8.64. The zero-order valence-corrected chi connectivity index (χ0v) is 16.0. The third kappa shape index (κ3) is 3.20. The zero-order chi connectivity index (χ0) is 19.3. The van der Waals surface area contributed by atoms with Crippen LogP contribution in [-0.4, -0.2) is 51.9 Å². The monoisotopic (exact) mass is 358 g/mol. The predicted molar refractivity (Wildman–Crippen MR) is 96.9 cm³/mol. The highest BCUT2D eigenvalue weighted by molar-refractivity contribution is 6.21. The molecule has 1 aromatic carbocycles. The number of likely N-dealkylation sites (tertiary alicyclic amines) is 1. The van der Waals surface area contributed by atoms with E-state index in [1.165, 1.54) is 4.90 Å². The summed E-state index contributed by atoms with van der Waals surface area (Å²) in [4.78, 5) is 41.0. The Balaban J connectivity index is 1.84. The van der Waals surface area contributed by atoms with Crippen LogP contribution in [0.4, 0.5) is 4.79 Å². The highest BCUT2D eigenvalue weighted by Gasteiger charge is 2.49. The molecule has 0 saturated carbocycles. The van der Waals surface area contributed by atoms with E-state index >= 15 is 0 Å². The predicted octanol–water partition coefficient (Wildman–Crippen LogP) is 3.32. The van der Waals surface area contributed by atoms with E-state index in [-0.39, 0.29) is 24.3 Å². The zero-order valence-electron chi connectivity index (χ0n) is 16.0. The maximum atomic E-state index is 12.7. The smallest absolute Gasteiger partial charge is 0.410 e. The first-order valence-corrected chi connectivity index (χ1v) is 8.98. The van der Waals surface area contributed by atoms with Gasteiger partial charge in [-0.25, -0.2) is 4.79 Å². The summed E-state index contributed by atoms with van der Waals surface area (Å²) in [7, 11) is 0. The van der Waals surface area contributed by atoms with Gasteiger partial charge in [-0.15, -0.1) is 0 Å². The summed E-state index contributed by atoms with van der Waals surface area (Å²) in [6, 6.07) is 6.83. The van der Waals surface area contributed by atoms with Gasteiger partial charge in [-0.3, -0.25) is 14.5 Å². The van der Waals surface area contributed by atoms with Crippen molar-refractivity contribution in [3.05, 3.63) is 35.4 Å². The van der Waals surface area contributed by atoms with Crippen molar-refractivity contribution in [1.82, 2.24) is 9.80 Å². The molecule has 6 nitrogen and oxygen atoms in total. The molecule has 0 aliphatic carbocycles. The fraction of sp³-hybridized carbons (Fsp3) is 0.550. The molecule has 0 N–H and O–H groups in total. The van der Waals surface area contributed by atoms with Crippen molar-refractivity contribution in [1.29, 1.82) is 0 Å². The lowest BCUT2D eigenvalue weighted by Gasteiger charge is -2.38. The number of amides is 3. The van der Waals surface area contributed by atoms with Crippen molar-refractivity contribution in [3.8, 4) is 0 Å². The molecule has 3 amide bonds. The molecule has 0 unspecified atom stereocenters. The number of hydrogen-bond acceptors (Lipinski definition) is 4. The molecular weight excluding hydrogens is 332 g/mol. The van der Waals surface area contributed by atoms with Crippen molar-refractivity contribution in [2.45, 2.75) is 52.2 Å². The van der Waals surface area contributed by atoms with Crippen LogP contribution in [-0.2, 0) is 4.74 Å². The lowest BCUT2D eigenvalue weighted by Crippen LogP contribution is -2.54. The molecule has 2 heterocycles. The largest absolute Gasteiger partial charge is 0.444 e. The van der Waals surface area contributed by atoms with E-state index in [4.69, 9.17) is 4.74 Å². The van der Waals surface area contributed by atoms with Gasteiger partial charge in [0.1, 0.15) is 5.60 Å². The SMILES string of the molecule is C[C@H]1CN(C(=O)OC(C)(C)C)[C@](C)(CN2C(=O)c3ccccc3C2=O)C1. The maximum Gasteiger partial charge on any atom is 0.410 e. The molecule has 2 aliphatic rings. The Morgan fingerprint density at radius 1 is 1.19 bits per heavy atom. The Morgan fingerprint density at radius 2 is 1.73 bits per heavy atom. The molecule has 1 saturated heterocycles. The lowest BCUT2D eigenvalue weighted by molar-refractivity contribution is 0.00479. The molecule has 0 spiro atoms. The van der Waals surface area contributed by atoms with Crippen molar-refractivity contribution >= 4 is 17.9 Å². The van der Waals surface area contributed by atoms with Gasteiger partial charge in [-0.1, -0.05) is 19.1 Å². The highest BCUT2D eigenvalue weighted by atomic mass is 16.6. The van der Waals surface area contributed by atoms with Gasteiger partial charge in [0.2, 0.25) is 0 Å². The summed E-state index contributed by atoms with van der Waals surface area (Å²) >= 11 is 0. The minimum Gasteiger partial charge on any atom is -0.444 e. The number of ether oxygens (including phenoxy) is 1. The average molecular weight is 358 g/mol. The first-order chi connectivity index (χ1) is 12.0. The van der Waals surface area contributed by atoms with Gasteiger partial charge >= 0.3 is 6.09 Å². The lowest BCUT2D eigenvalue weighted by atomic mass is 9.94. The van der Waals surface area contributed by atoms with E-state index in [2.05, 4.69) is 6.92 Å². The minimum atomic E-state index is -0.644. The Labute approximate surface area is 154 Å². The van der Waals surface area contributed by atoms with E-state index in [1.807, 2.05) is 27.7 Å². The van der Waals surface area contributed by atoms with Crippen LogP contribution in [0.3, 0.4) is 0 Å². The standard InChI is InChI=1S/C20H26N2O4/c1-13-10-20(5,22(11-13)18(25)26-19(2,3)4)12-21-16(23)14-8-6-7-9-15(14)17(21)24/h6-9,13H,10-12H2,1-5H3/t13-,20+/m1/s1. The fourth-order valence-corrected chi connectivity index (χ4v) is 3.94. The Kier molecular flexibility index (Phi) is 4.33. The van der Waals surface area contributed by atoms with Gasteiger partial charge in [0.25, 0.3) is 11.8 Å². The number of benzene rings is 1. The van der Waals surface area contributed by atoms with E-state index in [0.717, 1.165) is 0 Å². The van der Waals surface area contributed by atoms with Gasteiger partial charge in [-0.2, -0.15) is 0 Å². The van der Waals surface area contributed by atoms with Crippen LogP contribution < -0.4 is 0 Å². The average Bonchev–Trinajstić information content (AvgIpc) is 2.95. The van der Waals surface area contributed by atoms with E-state index in [1.54, 1.807) is 29.2 Å². The van der Waals surface area contributed by atoms with Crippen molar-refractivity contribution in [3.63, 3.8) is 0 Å². The van der Waals surface area contributed by atoms with Crippen LogP contribution in [0.1, 0.15) is 61.8 Å². The van der Waals surface area contributed by atoms with Crippen LogP contribution in [0.2, 0.25) is 0 Å². The van der Waals surface area contributed by atoms with Crippen molar-refractivity contribution in [2.24, 2.45) is 5.92 Å². The summed E-state index contributed by atoms with van der Waals surface area (Å²) in [5, 5.41) is 0.